The van der Waals surface area contributed by atoms with Gasteiger partial charge >= 0.3 is 0 Å². The van der Waals surface area contributed by atoms with Crippen LogP contribution in [0.5, 0.6) is 0 Å². The Labute approximate surface area is 88.3 Å². The lowest BCUT2D eigenvalue weighted by Crippen LogP contribution is -2.41. The summed E-state index contributed by atoms with van der Waals surface area (Å²) in [6.45, 7) is 13.0. The summed E-state index contributed by atoms with van der Waals surface area (Å²) < 4.78 is 0. The second-order valence-corrected chi connectivity index (χ2v) is 5.78. The number of hydrogen-bond acceptors (Lipinski definition) is 2. The molecule has 1 heterocycles. The first-order chi connectivity index (χ1) is 6.33. The summed E-state index contributed by atoms with van der Waals surface area (Å²) in [7, 11) is 0. The zero-order valence-corrected chi connectivity index (χ0v) is 10.2. The molecule has 1 aliphatic rings. The van der Waals surface area contributed by atoms with Crippen molar-refractivity contribution in [3.05, 3.63) is 0 Å². The number of hydrogen-bond donors (Lipinski definition) is 1. The smallest absolute Gasteiger partial charge is 0.0575 e. The van der Waals surface area contributed by atoms with Gasteiger partial charge in [-0.15, -0.1) is 0 Å². The van der Waals surface area contributed by atoms with Crippen molar-refractivity contribution in [3.63, 3.8) is 0 Å². The predicted octanol–water partition coefficient (Wildman–Crippen LogP) is 2.12. The van der Waals surface area contributed by atoms with Gasteiger partial charge in [0.1, 0.15) is 0 Å². The third kappa shape index (κ3) is 2.71. The molecule has 0 aliphatic carbocycles. The van der Waals surface area contributed by atoms with Gasteiger partial charge in [-0.05, 0) is 26.2 Å². The largest absolute Gasteiger partial charge is 0.393 e. The van der Waals surface area contributed by atoms with Crippen LogP contribution in [-0.2, 0) is 0 Å². The maximum atomic E-state index is 9.67. The molecule has 0 aromatic heterocycles. The van der Waals surface area contributed by atoms with Gasteiger partial charge in [0, 0.05) is 24.5 Å². The summed E-state index contributed by atoms with van der Waals surface area (Å²) in [5, 5.41) is 9.67. The average Bonchev–Trinajstić information content (AvgIpc) is 2.29. The van der Waals surface area contributed by atoms with Crippen LogP contribution in [0, 0.1) is 11.3 Å². The fourth-order valence-electron chi connectivity index (χ4n) is 2.26. The number of rotatable bonds is 3. The van der Waals surface area contributed by atoms with Gasteiger partial charge in [0.25, 0.3) is 0 Å². The molecule has 3 unspecified atom stereocenters. The van der Waals surface area contributed by atoms with Crippen LogP contribution in [-0.4, -0.2) is 35.2 Å². The molecule has 0 aromatic rings. The van der Waals surface area contributed by atoms with Gasteiger partial charge in [-0.1, -0.05) is 20.8 Å². The van der Waals surface area contributed by atoms with Crippen LogP contribution in [0.1, 0.15) is 41.0 Å². The van der Waals surface area contributed by atoms with Crippen molar-refractivity contribution in [2.45, 2.75) is 53.2 Å². The molecule has 1 N–H and O–H groups in total. The standard InChI is InChI=1S/C12H25NO/c1-9-6-10(2)13(7-9)8-12(4,5)11(3)14/h9-11,14H,6-8H2,1-5H3. The molecule has 14 heavy (non-hydrogen) atoms. The van der Waals surface area contributed by atoms with Gasteiger partial charge in [0.15, 0.2) is 0 Å². The molecule has 1 fully saturated rings. The Morgan fingerprint density at radius 2 is 2.00 bits per heavy atom. The lowest BCUT2D eigenvalue weighted by atomic mass is 9.87. The Morgan fingerprint density at radius 1 is 1.43 bits per heavy atom. The minimum absolute atomic E-state index is 0.0122. The van der Waals surface area contributed by atoms with E-state index in [1.165, 1.54) is 13.0 Å². The normalized spacial score (nSPS) is 32.1. The summed E-state index contributed by atoms with van der Waals surface area (Å²) in [5.41, 5.74) is 0.0122. The van der Waals surface area contributed by atoms with E-state index in [0.29, 0.717) is 6.04 Å². The topological polar surface area (TPSA) is 23.5 Å². The fraction of sp³-hybridized carbons (Fsp3) is 1.00. The molecule has 1 aliphatic heterocycles. The molecule has 0 saturated carbocycles. The third-order valence-corrected chi connectivity index (χ3v) is 3.65. The van der Waals surface area contributed by atoms with E-state index in [2.05, 4.69) is 32.6 Å². The lowest BCUT2D eigenvalue weighted by molar-refractivity contribution is 0.0322. The molecule has 1 saturated heterocycles. The molecular formula is C12H25NO. The molecule has 0 spiro atoms. The van der Waals surface area contributed by atoms with Crippen molar-refractivity contribution in [2.75, 3.05) is 13.1 Å². The zero-order valence-electron chi connectivity index (χ0n) is 10.2. The monoisotopic (exact) mass is 199 g/mol. The minimum atomic E-state index is -0.231. The third-order valence-electron chi connectivity index (χ3n) is 3.65. The predicted molar refractivity (Wildman–Crippen MR) is 60.3 cm³/mol. The molecule has 0 radical (unpaired) electrons. The Morgan fingerprint density at radius 3 is 2.36 bits per heavy atom. The maximum Gasteiger partial charge on any atom is 0.0575 e. The average molecular weight is 199 g/mol. The van der Waals surface area contributed by atoms with Crippen molar-refractivity contribution in [2.24, 2.45) is 11.3 Å². The Hall–Kier alpha value is -0.0800. The SMILES string of the molecule is CC1CC(C)N(CC(C)(C)C(C)O)C1. The van der Waals surface area contributed by atoms with Crippen molar-refractivity contribution >= 4 is 0 Å². The molecule has 3 atom stereocenters. The second kappa shape index (κ2) is 4.19. The van der Waals surface area contributed by atoms with E-state index in [9.17, 15) is 5.11 Å². The molecular weight excluding hydrogens is 174 g/mol. The highest BCUT2D eigenvalue weighted by Gasteiger charge is 2.33. The number of aliphatic hydroxyl groups excluding tert-OH is 1. The molecule has 0 aromatic carbocycles. The van der Waals surface area contributed by atoms with Gasteiger partial charge in [0.05, 0.1) is 6.10 Å². The highest BCUT2D eigenvalue weighted by Crippen LogP contribution is 2.29. The van der Waals surface area contributed by atoms with Crippen molar-refractivity contribution < 1.29 is 5.11 Å². The van der Waals surface area contributed by atoms with E-state index in [-0.39, 0.29) is 11.5 Å². The summed E-state index contributed by atoms with van der Waals surface area (Å²) in [5.74, 6) is 0.815. The van der Waals surface area contributed by atoms with Gasteiger partial charge < -0.3 is 5.11 Å². The van der Waals surface area contributed by atoms with Crippen LogP contribution < -0.4 is 0 Å². The molecule has 84 valence electrons. The van der Waals surface area contributed by atoms with Crippen LogP contribution in [0.25, 0.3) is 0 Å². The summed E-state index contributed by atoms with van der Waals surface area (Å²) in [4.78, 5) is 2.51. The van der Waals surface area contributed by atoms with E-state index < -0.39 is 0 Å². The summed E-state index contributed by atoms with van der Waals surface area (Å²) in [6, 6.07) is 0.683. The van der Waals surface area contributed by atoms with Crippen LogP contribution in [0.15, 0.2) is 0 Å². The van der Waals surface area contributed by atoms with Gasteiger partial charge in [0.2, 0.25) is 0 Å². The maximum absolute atomic E-state index is 9.67. The van der Waals surface area contributed by atoms with Crippen LogP contribution in [0.2, 0.25) is 0 Å². The summed E-state index contributed by atoms with van der Waals surface area (Å²) >= 11 is 0. The van der Waals surface area contributed by atoms with Crippen molar-refractivity contribution in [3.8, 4) is 0 Å². The molecule has 0 bridgehead atoms. The first-order valence-corrected chi connectivity index (χ1v) is 5.75. The molecule has 2 heteroatoms. The van der Waals surface area contributed by atoms with Crippen LogP contribution in [0.3, 0.4) is 0 Å². The van der Waals surface area contributed by atoms with E-state index in [0.717, 1.165) is 12.5 Å². The number of aliphatic hydroxyl groups is 1. The van der Waals surface area contributed by atoms with E-state index >= 15 is 0 Å². The highest BCUT2D eigenvalue weighted by atomic mass is 16.3. The van der Waals surface area contributed by atoms with E-state index in [1.54, 1.807) is 0 Å². The fourth-order valence-corrected chi connectivity index (χ4v) is 2.26. The van der Waals surface area contributed by atoms with Crippen molar-refractivity contribution in [1.29, 1.82) is 0 Å². The van der Waals surface area contributed by atoms with E-state index in [4.69, 9.17) is 0 Å². The first kappa shape index (κ1) is 12.0. The van der Waals surface area contributed by atoms with Gasteiger partial charge in [-0.25, -0.2) is 0 Å². The Kier molecular flexibility index (Phi) is 3.59. The Balaban J connectivity index is 2.52. The van der Waals surface area contributed by atoms with Gasteiger partial charge in [-0.3, -0.25) is 4.90 Å². The summed E-state index contributed by atoms with van der Waals surface area (Å²) in [6.07, 6.45) is 1.07. The first-order valence-electron chi connectivity index (χ1n) is 5.75. The quantitative estimate of drug-likeness (QED) is 0.752. The second-order valence-electron chi connectivity index (χ2n) is 5.78. The van der Waals surface area contributed by atoms with E-state index in [1.807, 2.05) is 6.92 Å². The van der Waals surface area contributed by atoms with Crippen molar-refractivity contribution in [1.82, 2.24) is 4.90 Å². The Bertz CT molecular complexity index is 189. The van der Waals surface area contributed by atoms with Crippen LogP contribution >= 0.6 is 0 Å². The van der Waals surface area contributed by atoms with Gasteiger partial charge in [-0.2, -0.15) is 0 Å². The molecule has 1 rings (SSSR count). The zero-order chi connectivity index (χ0) is 10.9. The minimum Gasteiger partial charge on any atom is -0.393 e. The van der Waals surface area contributed by atoms with Crippen LogP contribution in [0.4, 0.5) is 0 Å². The lowest BCUT2D eigenvalue weighted by Gasteiger charge is -2.34. The highest BCUT2D eigenvalue weighted by molar-refractivity contribution is 4.86. The number of likely N-dealkylation sites (tertiary alicyclic amines) is 1. The number of nitrogens with zero attached hydrogens (tertiary/aromatic N) is 1. The molecule has 2 nitrogen and oxygen atoms in total. The molecule has 0 amide bonds.